The third kappa shape index (κ3) is 5.66. The molecule has 2 aromatic rings. The molecule has 0 aliphatic rings. The van der Waals surface area contributed by atoms with Crippen LogP contribution in [0.2, 0.25) is 0 Å². The molecule has 1 atom stereocenters. The molecule has 1 amide bonds. The molecule has 0 bridgehead atoms. The molecule has 0 spiro atoms. The van der Waals surface area contributed by atoms with Crippen molar-refractivity contribution in [3.63, 3.8) is 0 Å². The van der Waals surface area contributed by atoms with E-state index in [1.54, 1.807) is 24.1 Å². The number of nitrogens with zero attached hydrogens (tertiary/aromatic N) is 2. The van der Waals surface area contributed by atoms with Gasteiger partial charge in [-0.1, -0.05) is 37.6 Å². The molecular formula is C20H28FN3O2. The molecule has 5 nitrogen and oxygen atoms in total. The van der Waals surface area contributed by atoms with E-state index in [-0.39, 0.29) is 17.6 Å². The van der Waals surface area contributed by atoms with E-state index in [1.807, 2.05) is 19.9 Å². The standard InChI is InChI=1S/C20H28FN3O2/c1-14(2)19(22)20(25)24(3)11-6-4-5-10-17-13-18(23-26-17)15-8-7-9-16(21)12-15/h7-9,12-14,19H,4-6,10-11,22H2,1-3H3/t19-/m0/s1. The van der Waals surface area contributed by atoms with Crippen LogP contribution in [0.3, 0.4) is 0 Å². The molecule has 0 aliphatic heterocycles. The molecule has 1 heterocycles. The van der Waals surface area contributed by atoms with Gasteiger partial charge in [0.25, 0.3) is 0 Å². The van der Waals surface area contributed by atoms with Crippen molar-refractivity contribution < 1.29 is 13.7 Å². The maximum atomic E-state index is 13.3. The highest BCUT2D eigenvalue weighted by atomic mass is 19.1. The van der Waals surface area contributed by atoms with Crippen LogP contribution in [-0.4, -0.2) is 35.6 Å². The monoisotopic (exact) mass is 361 g/mol. The fourth-order valence-corrected chi connectivity index (χ4v) is 2.69. The van der Waals surface area contributed by atoms with Gasteiger partial charge in [-0.3, -0.25) is 4.79 Å². The minimum Gasteiger partial charge on any atom is -0.361 e. The molecule has 0 saturated heterocycles. The average Bonchev–Trinajstić information content (AvgIpc) is 3.08. The molecule has 6 heteroatoms. The Kier molecular flexibility index (Phi) is 7.33. The summed E-state index contributed by atoms with van der Waals surface area (Å²) in [6.07, 6.45) is 3.60. The van der Waals surface area contributed by atoms with E-state index in [2.05, 4.69) is 5.16 Å². The third-order valence-corrected chi connectivity index (χ3v) is 4.48. The summed E-state index contributed by atoms with van der Waals surface area (Å²) < 4.78 is 18.6. The lowest BCUT2D eigenvalue weighted by Crippen LogP contribution is -2.45. The van der Waals surface area contributed by atoms with Crippen molar-refractivity contribution >= 4 is 5.91 Å². The maximum Gasteiger partial charge on any atom is 0.239 e. The second kappa shape index (κ2) is 9.48. The zero-order valence-electron chi connectivity index (χ0n) is 15.7. The quantitative estimate of drug-likeness (QED) is 0.692. The van der Waals surface area contributed by atoms with E-state index in [1.165, 1.54) is 12.1 Å². The number of hydrogen-bond acceptors (Lipinski definition) is 4. The summed E-state index contributed by atoms with van der Waals surface area (Å²) in [6.45, 7) is 4.60. The largest absolute Gasteiger partial charge is 0.361 e. The molecule has 142 valence electrons. The first-order chi connectivity index (χ1) is 12.4. The average molecular weight is 361 g/mol. The van der Waals surface area contributed by atoms with Crippen LogP contribution < -0.4 is 5.73 Å². The zero-order valence-corrected chi connectivity index (χ0v) is 15.7. The number of amides is 1. The molecule has 0 fully saturated rings. The van der Waals surface area contributed by atoms with Crippen LogP contribution in [-0.2, 0) is 11.2 Å². The Morgan fingerprint density at radius 1 is 1.27 bits per heavy atom. The van der Waals surface area contributed by atoms with Gasteiger partial charge in [-0.25, -0.2) is 4.39 Å². The highest BCUT2D eigenvalue weighted by Gasteiger charge is 2.20. The lowest BCUT2D eigenvalue weighted by atomic mass is 10.0. The molecule has 26 heavy (non-hydrogen) atoms. The first kappa shape index (κ1) is 20.1. The molecule has 0 aliphatic carbocycles. The Bertz CT molecular complexity index is 715. The summed E-state index contributed by atoms with van der Waals surface area (Å²) in [6, 6.07) is 7.72. The Morgan fingerprint density at radius 3 is 2.73 bits per heavy atom. The topological polar surface area (TPSA) is 72.4 Å². The molecular weight excluding hydrogens is 333 g/mol. The van der Waals surface area contributed by atoms with Crippen molar-refractivity contribution in [2.45, 2.75) is 45.6 Å². The first-order valence-electron chi connectivity index (χ1n) is 9.10. The Balaban J connectivity index is 1.71. The van der Waals surface area contributed by atoms with Gasteiger partial charge >= 0.3 is 0 Å². The molecule has 2 N–H and O–H groups in total. The second-order valence-corrected chi connectivity index (χ2v) is 7.03. The molecule has 1 aromatic carbocycles. The van der Waals surface area contributed by atoms with Gasteiger partial charge in [0.2, 0.25) is 5.91 Å². The number of carbonyl (C=O) groups excluding carboxylic acids is 1. The van der Waals surface area contributed by atoms with E-state index in [9.17, 15) is 9.18 Å². The highest BCUT2D eigenvalue weighted by Crippen LogP contribution is 2.21. The fourth-order valence-electron chi connectivity index (χ4n) is 2.69. The number of benzene rings is 1. The van der Waals surface area contributed by atoms with Crippen LogP contribution in [0.25, 0.3) is 11.3 Å². The summed E-state index contributed by atoms with van der Waals surface area (Å²) in [7, 11) is 1.80. The van der Waals surface area contributed by atoms with Crippen molar-refractivity contribution in [3.8, 4) is 11.3 Å². The summed E-state index contributed by atoms with van der Waals surface area (Å²) in [5.41, 5.74) is 7.25. The van der Waals surface area contributed by atoms with E-state index < -0.39 is 6.04 Å². The van der Waals surface area contributed by atoms with Crippen LogP contribution in [0.1, 0.15) is 38.9 Å². The number of unbranched alkanes of at least 4 members (excludes halogenated alkanes) is 2. The van der Waals surface area contributed by atoms with Crippen LogP contribution in [0, 0.1) is 11.7 Å². The number of carbonyl (C=O) groups is 1. The van der Waals surface area contributed by atoms with Gasteiger partial charge in [0, 0.05) is 31.6 Å². The van der Waals surface area contributed by atoms with Crippen molar-refractivity contribution in [2.75, 3.05) is 13.6 Å². The van der Waals surface area contributed by atoms with Crippen LogP contribution in [0.5, 0.6) is 0 Å². The van der Waals surface area contributed by atoms with Crippen molar-refractivity contribution in [3.05, 3.63) is 41.9 Å². The summed E-state index contributed by atoms with van der Waals surface area (Å²) in [4.78, 5) is 13.8. The lowest BCUT2D eigenvalue weighted by molar-refractivity contribution is -0.132. The molecule has 0 saturated carbocycles. The number of likely N-dealkylation sites (N-methyl/N-ethyl adjacent to an activating group) is 1. The number of rotatable bonds is 9. The molecule has 1 aromatic heterocycles. The Labute approximate surface area is 154 Å². The van der Waals surface area contributed by atoms with Crippen molar-refractivity contribution in [2.24, 2.45) is 11.7 Å². The second-order valence-electron chi connectivity index (χ2n) is 7.03. The van der Waals surface area contributed by atoms with E-state index in [0.717, 1.165) is 31.4 Å². The number of nitrogens with two attached hydrogens (primary N) is 1. The third-order valence-electron chi connectivity index (χ3n) is 4.48. The number of hydrogen-bond donors (Lipinski definition) is 1. The Hall–Kier alpha value is -2.21. The summed E-state index contributed by atoms with van der Waals surface area (Å²) in [5.74, 6) is 0.636. The van der Waals surface area contributed by atoms with Gasteiger partial charge in [-0.15, -0.1) is 0 Å². The number of aryl methyl sites for hydroxylation is 1. The van der Waals surface area contributed by atoms with Gasteiger partial charge < -0.3 is 15.2 Å². The van der Waals surface area contributed by atoms with Crippen LogP contribution in [0.4, 0.5) is 4.39 Å². The number of halogens is 1. The summed E-state index contributed by atoms with van der Waals surface area (Å²) >= 11 is 0. The van der Waals surface area contributed by atoms with Crippen LogP contribution >= 0.6 is 0 Å². The van der Waals surface area contributed by atoms with Crippen molar-refractivity contribution in [1.29, 1.82) is 0 Å². The van der Waals surface area contributed by atoms with Gasteiger partial charge in [-0.05, 0) is 30.9 Å². The molecule has 0 unspecified atom stereocenters. The molecule has 0 radical (unpaired) electrons. The number of aromatic nitrogens is 1. The fraction of sp³-hybridized carbons (Fsp3) is 0.500. The predicted octanol–water partition coefficient (Wildman–Crippen LogP) is 3.64. The minimum absolute atomic E-state index is 0.00466. The molecule has 2 rings (SSSR count). The van der Waals surface area contributed by atoms with E-state index >= 15 is 0 Å². The Morgan fingerprint density at radius 2 is 2.04 bits per heavy atom. The first-order valence-corrected chi connectivity index (χ1v) is 9.10. The minimum atomic E-state index is -0.435. The highest BCUT2D eigenvalue weighted by molar-refractivity contribution is 5.81. The van der Waals surface area contributed by atoms with Gasteiger partial charge in [0.1, 0.15) is 17.3 Å². The summed E-state index contributed by atoms with van der Waals surface area (Å²) in [5, 5.41) is 4.01. The SMILES string of the molecule is CC(C)[C@H](N)C(=O)N(C)CCCCCc1cc(-c2cccc(F)c2)no1. The van der Waals surface area contributed by atoms with Crippen LogP contribution in [0.15, 0.2) is 34.9 Å². The normalized spacial score (nSPS) is 12.4. The van der Waals surface area contributed by atoms with Crippen molar-refractivity contribution in [1.82, 2.24) is 10.1 Å². The lowest BCUT2D eigenvalue weighted by Gasteiger charge is -2.23. The predicted molar refractivity (Wildman–Crippen MR) is 99.9 cm³/mol. The van der Waals surface area contributed by atoms with Gasteiger partial charge in [-0.2, -0.15) is 0 Å². The van der Waals surface area contributed by atoms with E-state index in [4.69, 9.17) is 10.3 Å². The van der Waals surface area contributed by atoms with Gasteiger partial charge in [0.15, 0.2) is 0 Å². The van der Waals surface area contributed by atoms with Gasteiger partial charge in [0.05, 0.1) is 6.04 Å². The van der Waals surface area contributed by atoms with E-state index in [0.29, 0.717) is 17.8 Å². The smallest absolute Gasteiger partial charge is 0.239 e. The maximum absolute atomic E-state index is 13.3. The zero-order chi connectivity index (χ0) is 19.1.